The van der Waals surface area contributed by atoms with Gasteiger partial charge in [0.15, 0.2) is 0 Å². The van der Waals surface area contributed by atoms with E-state index in [4.69, 9.17) is 0 Å². The first-order valence-electron chi connectivity index (χ1n) is 4.04. The molecule has 0 aliphatic heterocycles. The van der Waals surface area contributed by atoms with Gasteiger partial charge >= 0.3 is 17.3 Å². The van der Waals surface area contributed by atoms with E-state index in [9.17, 15) is 30.3 Å². The number of anilines is 1. The molecule has 0 radical (unpaired) electrons. The summed E-state index contributed by atoms with van der Waals surface area (Å²) in [6, 6.07) is 0.554. The van der Waals surface area contributed by atoms with Crippen molar-refractivity contribution in [2.75, 3.05) is 12.4 Å². The Labute approximate surface area is 92.5 Å². The van der Waals surface area contributed by atoms with Gasteiger partial charge in [-0.15, -0.1) is 0 Å². The fourth-order valence-corrected chi connectivity index (χ4v) is 1.12. The molecule has 0 aliphatic rings. The van der Waals surface area contributed by atoms with Crippen molar-refractivity contribution < 1.29 is 14.8 Å². The molecule has 0 amide bonds. The van der Waals surface area contributed by atoms with Gasteiger partial charge in [-0.25, -0.2) is 0 Å². The lowest BCUT2D eigenvalue weighted by Gasteiger charge is -2.03. The second-order valence-electron chi connectivity index (χ2n) is 2.72. The molecule has 11 nitrogen and oxygen atoms in total. The van der Waals surface area contributed by atoms with Crippen LogP contribution in [-0.4, -0.2) is 26.8 Å². The lowest BCUT2D eigenvalue weighted by Crippen LogP contribution is -2.05. The summed E-state index contributed by atoms with van der Waals surface area (Å²) in [6.07, 6.45) is 0. The highest BCUT2D eigenvalue weighted by molar-refractivity contribution is 5.72. The lowest BCUT2D eigenvalue weighted by molar-refractivity contribution is -0.408. The summed E-state index contributed by atoms with van der Waals surface area (Å²) in [4.78, 5) is 31.7. The number of hydrogen-bond acceptors (Lipinski definition) is 8. The van der Waals surface area contributed by atoms with E-state index in [1.54, 1.807) is 0 Å². The minimum Gasteiger partial charge on any atom is -0.376 e. The Morgan fingerprint density at radius 2 is 1.71 bits per heavy atom. The zero-order valence-corrected chi connectivity index (χ0v) is 8.32. The first kappa shape index (κ1) is 12.2. The monoisotopic (exact) mass is 243 g/mol. The lowest BCUT2D eigenvalue weighted by atomic mass is 10.3. The van der Waals surface area contributed by atoms with Gasteiger partial charge in [-0.05, 0) is 9.85 Å². The number of nitro groups is 3. The topological polar surface area (TPSA) is 154 Å². The van der Waals surface area contributed by atoms with Crippen LogP contribution in [0.15, 0.2) is 6.07 Å². The molecule has 0 aromatic carbocycles. The third-order valence-electron chi connectivity index (χ3n) is 1.77. The molecule has 0 fully saturated rings. The summed E-state index contributed by atoms with van der Waals surface area (Å²) in [5, 5.41) is 33.9. The van der Waals surface area contributed by atoms with Gasteiger partial charge in [0.2, 0.25) is 5.69 Å². The fraction of sp³-hybridized carbons (Fsp3) is 0.167. The summed E-state index contributed by atoms with van der Waals surface area (Å²) in [6.45, 7) is 0. The molecule has 0 bridgehead atoms. The number of rotatable bonds is 4. The van der Waals surface area contributed by atoms with Crippen molar-refractivity contribution in [2.24, 2.45) is 0 Å². The van der Waals surface area contributed by atoms with E-state index in [2.05, 4.69) is 10.3 Å². The van der Waals surface area contributed by atoms with Gasteiger partial charge in [-0.2, -0.15) is 0 Å². The Balaban J connectivity index is 3.63. The second kappa shape index (κ2) is 4.34. The van der Waals surface area contributed by atoms with Crippen LogP contribution in [0.1, 0.15) is 0 Å². The summed E-state index contributed by atoms with van der Waals surface area (Å²) in [5.41, 5.74) is -1.26. The highest BCUT2D eigenvalue weighted by Gasteiger charge is 2.30. The third-order valence-corrected chi connectivity index (χ3v) is 1.77. The van der Waals surface area contributed by atoms with Crippen molar-refractivity contribution in [1.82, 2.24) is 4.98 Å². The average molecular weight is 243 g/mol. The van der Waals surface area contributed by atoms with Gasteiger partial charge < -0.3 is 25.5 Å². The SMILES string of the molecule is CNc1c([N+](=O)[O-])cc([N+](=O)[O-])nc1[N+](=O)[O-]. The van der Waals surface area contributed by atoms with E-state index < -0.39 is 37.8 Å². The van der Waals surface area contributed by atoms with E-state index in [1.807, 2.05) is 0 Å². The highest BCUT2D eigenvalue weighted by Crippen LogP contribution is 2.34. The van der Waals surface area contributed by atoms with Crippen molar-refractivity contribution in [1.29, 1.82) is 0 Å². The molecule has 0 aliphatic carbocycles. The van der Waals surface area contributed by atoms with Gasteiger partial charge in [-0.3, -0.25) is 10.1 Å². The zero-order valence-electron chi connectivity index (χ0n) is 8.32. The molecule has 11 heteroatoms. The molecular formula is C6H5N5O6. The van der Waals surface area contributed by atoms with Crippen LogP contribution in [0.2, 0.25) is 0 Å². The summed E-state index contributed by atoms with van der Waals surface area (Å²) in [7, 11) is 1.21. The molecule has 90 valence electrons. The Bertz CT molecular complexity index is 479. The van der Waals surface area contributed by atoms with Crippen molar-refractivity contribution in [3.63, 3.8) is 0 Å². The summed E-state index contributed by atoms with van der Waals surface area (Å²) in [5.74, 6) is -1.92. The quantitative estimate of drug-likeness (QED) is 0.602. The van der Waals surface area contributed by atoms with Gasteiger partial charge in [0.05, 0.1) is 4.92 Å². The average Bonchev–Trinajstić information content (AvgIpc) is 2.26. The number of aromatic nitrogens is 1. The predicted octanol–water partition coefficient (Wildman–Crippen LogP) is 0.848. The first-order chi connectivity index (χ1) is 7.88. The normalized spacial score (nSPS) is 9.71. The maximum atomic E-state index is 10.6. The van der Waals surface area contributed by atoms with Crippen LogP contribution >= 0.6 is 0 Å². The van der Waals surface area contributed by atoms with Crippen molar-refractivity contribution in [2.45, 2.75) is 0 Å². The molecule has 1 heterocycles. The Hall–Kier alpha value is -2.85. The molecule has 1 rings (SSSR count). The first-order valence-corrected chi connectivity index (χ1v) is 4.04. The van der Waals surface area contributed by atoms with Gasteiger partial charge in [0, 0.05) is 12.0 Å². The minimum absolute atomic E-state index is 0.481. The molecule has 1 N–H and O–H groups in total. The Morgan fingerprint density at radius 1 is 1.12 bits per heavy atom. The van der Waals surface area contributed by atoms with Crippen LogP contribution in [0.5, 0.6) is 0 Å². The largest absolute Gasteiger partial charge is 0.398 e. The van der Waals surface area contributed by atoms with Crippen LogP contribution in [0, 0.1) is 30.3 Å². The van der Waals surface area contributed by atoms with E-state index in [0.29, 0.717) is 6.07 Å². The summed E-state index contributed by atoms with van der Waals surface area (Å²) < 4.78 is 0. The number of nitrogens with zero attached hydrogens (tertiary/aromatic N) is 4. The molecule has 17 heavy (non-hydrogen) atoms. The number of pyridine rings is 1. The van der Waals surface area contributed by atoms with Crippen LogP contribution < -0.4 is 5.32 Å². The zero-order chi connectivity index (χ0) is 13.2. The maximum Gasteiger partial charge on any atom is 0.398 e. The molecule has 1 aromatic heterocycles. The van der Waals surface area contributed by atoms with E-state index in [0.717, 1.165) is 0 Å². The fourth-order valence-electron chi connectivity index (χ4n) is 1.12. The molecule has 1 aromatic rings. The van der Waals surface area contributed by atoms with Crippen LogP contribution in [0.4, 0.5) is 23.0 Å². The smallest absolute Gasteiger partial charge is 0.376 e. The van der Waals surface area contributed by atoms with Crippen LogP contribution in [0.25, 0.3) is 0 Å². The third kappa shape index (κ3) is 2.22. The molecule has 0 unspecified atom stereocenters. The molecular weight excluding hydrogens is 238 g/mol. The Kier molecular flexibility index (Phi) is 3.12. The van der Waals surface area contributed by atoms with Crippen molar-refractivity contribution >= 4 is 23.0 Å². The van der Waals surface area contributed by atoms with Crippen molar-refractivity contribution in [3.05, 3.63) is 36.4 Å². The van der Waals surface area contributed by atoms with Gasteiger partial charge in [-0.1, -0.05) is 0 Å². The number of hydrogen-bond donors (Lipinski definition) is 1. The minimum atomic E-state index is -1.04. The number of nitrogens with one attached hydrogen (secondary N) is 1. The van der Waals surface area contributed by atoms with Crippen LogP contribution in [-0.2, 0) is 0 Å². The van der Waals surface area contributed by atoms with E-state index >= 15 is 0 Å². The van der Waals surface area contributed by atoms with Gasteiger partial charge in [0.25, 0.3) is 0 Å². The Morgan fingerprint density at radius 3 is 2.06 bits per heavy atom. The maximum absolute atomic E-state index is 10.6. The van der Waals surface area contributed by atoms with Crippen molar-refractivity contribution in [3.8, 4) is 0 Å². The van der Waals surface area contributed by atoms with E-state index in [1.165, 1.54) is 7.05 Å². The molecule has 0 saturated heterocycles. The summed E-state index contributed by atoms with van der Waals surface area (Å²) >= 11 is 0. The molecule has 0 saturated carbocycles. The molecule has 0 atom stereocenters. The van der Waals surface area contributed by atoms with Gasteiger partial charge in [0.1, 0.15) is 6.07 Å². The predicted molar refractivity (Wildman–Crippen MR) is 53.7 cm³/mol. The molecule has 0 spiro atoms. The highest BCUT2D eigenvalue weighted by atomic mass is 16.6. The standard InChI is InChI=1S/C6H5N5O6/c1-7-5-3(9(12)13)2-4(10(14)15)8-6(5)11(16)17/h2,7H,1H3. The second-order valence-corrected chi connectivity index (χ2v) is 2.72. The van der Waals surface area contributed by atoms with Crippen LogP contribution in [0.3, 0.4) is 0 Å². The van der Waals surface area contributed by atoms with E-state index in [-0.39, 0.29) is 0 Å².